The molecular formula is C11H14Cl2N2. The minimum absolute atomic E-state index is 0. The van der Waals surface area contributed by atoms with Crippen molar-refractivity contribution in [1.82, 2.24) is 10.3 Å². The minimum atomic E-state index is 0. The van der Waals surface area contributed by atoms with Crippen molar-refractivity contribution in [2.24, 2.45) is 0 Å². The predicted molar refractivity (Wildman–Crippen MR) is 63.8 cm³/mol. The highest BCUT2D eigenvalue weighted by Gasteiger charge is 2.39. The molecule has 0 spiro atoms. The standard InChI is InChI=1S/C11H13ClN2.ClH/c12-11-4-1-7(6-13-11)9-5-8-2-3-10(9)14-8;/h1,4,6,8-10,14H,2-3,5H2;1H/t8-,9+,10+;/m0./s1. The quantitative estimate of drug-likeness (QED) is 0.769. The van der Waals surface area contributed by atoms with Crippen LogP contribution in [-0.4, -0.2) is 17.1 Å². The molecule has 15 heavy (non-hydrogen) atoms. The zero-order valence-corrected chi connectivity index (χ0v) is 9.89. The van der Waals surface area contributed by atoms with Crippen molar-refractivity contribution in [3.05, 3.63) is 29.0 Å². The van der Waals surface area contributed by atoms with Gasteiger partial charge in [0.1, 0.15) is 5.15 Å². The fourth-order valence-corrected chi connectivity index (χ4v) is 2.91. The predicted octanol–water partition coefficient (Wildman–Crippen LogP) is 2.76. The van der Waals surface area contributed by atoms with E-state index in [1.807, 2.05) is 12.3 Å². The van der Waals surface area contributed by atoms with Crippen LogP contribution in [0.4, 0.5) is 0 Å². The van der Waals surface area contributed by atoms with Gasteiger partial charge in [-0.05, 0) is 30.9 Å². The minimum Gasteiger partial charge on any atom is -0.311 e. The van der Waals surface area contributed by atoms with Crippen LogP contribution in [0, 0.1) is 0 Å². The second-order valence-corrected chi connectivity index (χ2v) is 4.69. The van der Waals surface area contributed by atoms with E-state index in [-0.39, 0.29) is 12.4 Å². The Morgan fingerprint density at radius 3 is 2.73 bits per heavy atom. The fraction of sp³-hybridized carbons (Fsp3) is 0.545. The molecule has 3 heterocycles. The summed E-state index contributed by atoms with van der Waals surface area (Å²) in [5.41, 5.74) is 1.34. The van der Waals surface area contributed by atoms with Gasteiger partial charge in [-0.25, -0.2) is 4.98 Å². The molecule has 1 N–H and O–H groups in total. The molecule has 2 nitrogen and oxygen atoms in total. The van der Waals surface area contributed by atoms with Crippen LogP contribution in [0.5, 0.6) is 0 Å². The Morgan fingerprint density at radius 1 is 1.33 bits per heavy atom. The molecule has 0 aromatic carbocycles. The summed E-state index contributed by atoms with van der Waals surface area (Å²) in [5, 5.41) is 4.22. The maximum absolute atomic E-state index is 5.77. The van der Waals surface area contributed by atoms with Gasteiger partial charge in [0.2, 0.25) is 0 Å². The molecule has 2 aliphatic rings. The van der Waals surface area contributed by atoms with Gasteiger partial charge >= 0.3 is 0 Å². The molecule has 0 amide bonds. The fourth-order valence-electron chi connectivity index (χ4n) is 2.80. The Bertz CT molecular complexity index is 339. The van der Waals surface area contributed by atoms with Crippen LogP contribution < -0.4 is 5.32 Å². The number of fused-ring (bicyclic) bond motifs is 2. The van der Waals surface area contributed by atoms with Crippen molar-refractivity contribution < 1.29 is 0 Å². The highest BCUT2D eigenvalue weighted by molar-refractivity contribution is 6.29. The smallest absolute Gasteiger partial charge is 0.129 e. The zero-order valence-electron chi connectivity index (χ0n) is 8.32. The van der Waals surface area contributed by atoms with Crippen LogP contribution in [0.25, 0.3) is 0 Å². The number of rotatable bonds is 1. The SMILES string of the molecule is Cl.Clc1ccc([C@H]2C[C@@H]3CC[C@H]2N3)cn1. The van der Waals surface area contributed by atoms with Crippen molar-refractivity contribution in [2.75, 3.05) is 0 Å². The first kappa shape index (κ1) is 11.2. The van der Waals surface area contributed by atoms with E-state index in [2.05, 4.69) is 16.4 Å². The molecule has 2 aliphatic heterocycles. The largest absolute Gasteiger partial charge is 0.311 e. The normalized spacial score (nSPS) is 32.7. The summed E-state index contributed by atoms with van der Waals surface area (Å²) >= 11 is 5.77. The first-order chi connectivity index (χ1) is 6.83. The Hall–Kier alpha value is -0.310. The van der Waals surface area contributed by atoms with E-state index in [4.69, 9.17) is 11.6 Å². The molecule has 0 unspecified atom stereocenters. The van der Waals surface area contributed by atoms with E-state index < -0.39 is 0 Å². The second-order valence-electron chi connectivity index (χ2n) is 4.30. The molecule has 3 atom stereocenters. The van der Waals surface area contributed by atoms with Crippen LogP contribution in [0.15, 0.2) is 18.3 Å². The molecule has 4 heteroatoms. The average molecular weight is 245 g/mol. The summed E-state index contributed by atoms with van der Waals surface area (Å²) in [6.45, 7) is 0. The number of pyridine rings is 1. The molecular weight excluding hydrogens is 231 g/mol. The van der Waals surface area contributed by atoms with Gasteiger partial charge in [0.15, 0.2) is 0 Å². The molecule has 82 valence electrons. The molecule has 1 aromatic heterocycles. The van der Waals surface area contributed by atoms with Crippen molar-refractivity contribution >= 4 is 24.0 Å². The van der Waals surface area contributed by atoms with E-state index in [0.717, 1.165) is 6.04 Å². The van der Waals surface area contributed by atoms with Gasteiger partial charge in [-0.2, -0.15) is 0 Å². The lowest BCUT2D eigenvalue weighted by Gasteiger charge is -2.19. The third-order valence-electron chi connectivity index (χ3n) is 3.48. The van der Waals surface area contributed by atoms with Crippen LogP contribution in [0.2, 0.25) is 5.15 Å². The average Bonchev–Trinajstić information content (AvgIpc) is 2.80. The van der Waals surface area contributed by atoms with Gasteiger partial charge in [0.25, 0.3) is 0 Å². The summed E-state index contributed by atoms with van der Waals surface area (Å²) in [4.78, 5) is 4.14. The zero-order chi connectivity index (χ0) is 9.54. The van der Waals surface area contributed by atoms with Crippen molar-refractivity contribution in [3.8, 4) is 0 Å². The number of nitrogens with zero attached hydrogens (tertiary/aromatic N) is 1. The molecule has 2 fully saturated rings. The molecule has 3 rings (SSSR count). The van der Waals surface area contributed by atoms with E-state index >= 15 is 0 Å². The highest BCUT2D eigenvalue weighted by Crippen LogP contribution is 2.39. The molecule has 0 saturated carbocycles. The lowest BCUT2D eigenvalue weighted by atomic mass is 9.85. The summed E-state index contributed by atoms with van der Waals surface area (Å²) in [6.07, 6.45) is 5.86. The number of hydrogen-bond acceptors (Lipinski definition) is 2. The molecule has 2 saturated heterocycles. The van der Waals surface area contributed by atoms with Gasteiger partial charge in [-0.15, -0.1) is 12.4 Å². The van der Waals surface area contributed by atoms with Crippen LogP contribution in [-0.2, 0) is 0 Å². The highest BCUT2D eigenvalue weighted by atomic mass is 35.5. The third kappa shape index (κ3) is 1.99. The van der Waals surface area contributed by atoms with Crippen molar-refractivity contribution in [1.29, 1.82) is 0 Å². The Kier molecular flexibility index (Phi) is 3.19. The maximum Gasteiger partial charge on any atom is 0.129 e. The van der Waals surface area contributed by atoms with Gasteiger partial charge in [0.05, 0.1) is 0 Å². The second kappa shape index (κ2) is 4.28. The molecule has 1 aromatic rings. The number of halogens is 2. The number of aromatic nitrogens is 1. The summed E-state index contributed by atoms with van der Waals surface area (Å²) in [7, 11) is 0. The van der Waals surface area contributed by atoms with Crippen molar-refractivity contribution in [2.45, 2.75) is 37.3 Å². The van der Waals surface area contributed by atoms with Gasteiger partial charge in [0, 0.05) is 24.2 Å². The van der Waals surface area contributed by atoms with Crippen molar-refractivity contribution in [3.63, 3.8) is 0 Å². The molecule has 0 radical (unpaired) electrons. The third-order valence-corrected chi connectivity index (χ3v) is 3.70. The first-order valence-corrected chi connectivity index (χ1v) is 5.58. The van der Waals surface area contributed by atoms with E-state index in [0.29, 0.717) is 17.1 Å². The summed E-state index contributed by atoms with van der Waals surface area (Å²) in [6, 6.07) is 5.44. The van der Waals surface area contributed by atoms with Crippen LogP contribution >= 0.6 is 24.0 Å². The van der Waals surface area contributed by atoms with E-state index in [1.54, 1.807) is 0 Å². The summed E-state index contributed by atoms with van der Waals surface area (Å²) in [5.74, 6) is 0.665. The number of nitrogens with one attached hydrogen (secondary N) is 1. The van der Waals surface area contributed by atoms with E-state index in [1.165, 1.54) is 24.8 Å². The molecule has 0 aliphatic carbocycles. The van der Waals surface area contributed by atoms with Crippen LogP contribution in [0.3, 0.4) is 0 Å². The molecule has 2 bridgehead atoms. The van der Waals surface area contributed by atoms with Gasteiger partial charge in [-0.3, -0.25) is 0 Å². The van der Waals surface area contributed by atoms with Gasteiger partial charge in [-0.1, -0.05) is 17.7 Å². The lowest BCUT2D eigenvalue weighted by molar-refractivity contribution is 0.505. The Morgan fingerprint density at radius 2 is 2.20 bits per heavy atom. The Labute approximate surface area is 101 Å². The monoisotopic (exact) mass is 244 g/mol. The van der Waals surface area contributed by atoms with Crippen LogP contribution in [0.1, 0.15) is 30.7 Å². The maximum atomic E-state index is 5.77. The lowest BCUT2D eigenvalue weighted by Crippen LogP contribution is -2.21. The summed E-state index contributed by atoms with van der Waals surface area (Å²) < 4.78 is 0. The number of hydrogen-bond donors (Lipinski definition) is 1. The van der Waals surface area contributed by atoms with Gasteiger partial charge < -0.3 is 5.32 Å². The topological polar surface area (TPSA) is 24.9 Å². The van der Waals surface area contributed by atoms with E-state index in [9.17, 15) is 0 Å². The first-order valence-electron chi connectivity index (χ1n) is 5.20. The Balaban J connectivity index is 0.000000853.